The molecule has 0 aliphatic rings. The van der Waals surface area contributed by atoms with Crippen molar-refractivity contribution in [2.24, 2.45) is 0 Å². The zero-order valence-electron chi connectivity index (χ0n) is 12.2. The highest BCUT2D eigenvalue weighted by Gasteiger charge is 2.10. The molecular formula is C18H17NO2. The first-order valence-electron chi connectivity index (χ1n) is 6.91. The molecule has 3 rings (SSSR count). The molecule has 3 nitrogen and oxygen atoms in total. The SMILES string of the molecule is COc1ccc(C(=O)Cn2cc(C)c3ccccc32)cc1. The van der Waals surface area contributed by atoms with E-state index in [4.69, 9.17) is 4.74 Å². The normalized spacial score (nSPS) is 10.8. The van der Waals surface area contributed by atoms with Crippen molar-refractivity contribution in [2.75, 3.05) is 7.11 Å². The Morgan fingerprint density at radius 2 is 1.81 bits per heavy atom. The molecule has 3 heteroatoms. The summed E-state index contributed by atoms with van der Waals surface area (Å²) >= 11 is 0. The Morgan fingerprint density at radius 3 is 2.52 bits per heavy atom. The molecule has 0 N–H and O–H groups in total. The van der Waals surface area contributed by atoms with Crippen molar-refractivity contribution >= 4 is 16.7 Å². The van der Waals surface area contributed by atoms with Crippen molar-refractivity contribution < 1.29 is 9.53 Å². The molecule has 3 aromatic rings. The highest BCUT2D eigenvalue weighted by molar-refractivity contribution is 5.97. The number of ether oxygens (including phenoxy) is 1. The van der Waals surface area contributed by atoms with Gasteiger partial charge in [0.05, 0.1) is 13.7 Å². The van der Waals surface area contributed by atoms with Crippen molar-refractivity contribution in [1.29, 1.82) is 0 Å². The molecule has 0 spiro atoms. The molecule has 0 unspecified atom stereocenters. The van der Waals surface area contributed by atoms with Gasteiger partial charge in [0.2, 0.25) is 0 Å². The Labute approximate surface area is 123 Å². The number of hydrogen-bond donors (Lipinski definition) is 0. The average Bonchev–Trinajstić information content (AvgIpc) is 2.84. The van der Waals surface area contributed by atoms with Gasteiger partial charge in [0, 0.05) is 22.7 Å². The molecule has 0 bridgehead atoms. The smallest absolute Gasteiger partial charge is 0.182 e. The molecule has 0 saturated heterocycles. The first-order valence-corrected chi connectivity index (χ1v) is 6.91. The zero-order chi connectivity index (χ0) is 14.8. The van der Waals surface area contributed by atoms with E-state index in [-0.39, 0.29) is 5.78 Å². The monoisotopic (exact) mass is 279 g/mol. The topological polar surface area (TPSA) is 31.2 Å². The van der Waals surface area contributed by atoms with E-state index < -0.39 is 0 Å². The molecule has 0 aliphatic heterocycles. The van der Waals surface area contributed by atoms with E-state index in [2.05, 4.69) is 13.0 Å². The van der Waals surface area contributed by atoms with Crippen LogP contribution in [0.25, 0.3) is 10.9 Å². The lowest BCUT2D eigenvalue weighted by Gasteiger charge is -2.06. The van der Waals surface area contributed by atoms with Crippen LogP contribution in [0.1, 0.15) is 15.9 Å². The Kier molecular flexibility index (Phi) is 3.48. The maximum Gasteiger partial charge on any atom is 0.182 e. The Hall–Kier alpha value is -2.55. The van der Waals surface area contributed by atoms with Gasteiger partial charge in [-0.15, -0.1) is 0 Å². The number of hydrogen-bond acceptors (Lipinski definition) is 2. The van der Waals surface area contributed by atoms with Crippen LogP contribution in [0.15, 0.2) is 54.7 Å². The minimum atomic E-state index is 0.0957. The fraction of sp³-hybridized carbons (Fsp3) is 0.167. The predicted octanol–water partition coefficient (Wildman–Crippen LogP) is 3.84. The second-order valence-corrected chi connectivity index (χ2v) is 5.11. The van der Waals surface area contributed by atoms with Crippen LogP contribution in [0.5, 0.6) is 5.75 Å². The van der Waals surface area contributed by atoms with Crippen LogP contribution in [0, 0.1) is 6.92 Å². The van der Waals surface area contributed by atoms with E-state index in [1.54, 1.807) is 19.2 Å². The van der Waals surface area contributed by atoms with Crippen molar-refractivity contribution in [3.63, 3.8) is 0 Å². The summed E-state index contributed by atoms with van der Waals surface area (Å²) in [4.78, 5) is 12.4. The third-order valence-electron chi connectivity index (χ3n) is 3.71. The fourth-order valence-electron chi connectivity index (χ4n) is 2.58. The summed E-state index contributed by atoms with van der Waals surface area (Å²) in [5, 5.41) is 1.19. The second kappa shape index (κ2) is 5.44. The number of aryl methyl sites for hydroxylation is 1. The van der Waals surface area contributed by atoms with E-state index in [1.165, 1.54) is 10.9 Å². The van der Waals surface area contributed by atoms with Crippen molar-refractivity contribution in [3.8, 4) is 5.75 Å². The van der Waals surface area contributed by atoms with Crippen LogP contribution in [0.4, 0.5) is 0 Å². The first-order chi connectivity index (χ1) is 10.2. The van der Waals surface area contributed by atoms with Gasteiger partial charge in [0.1, 0.15) is 5.75 Å². The summed E-state index contributed by atoms with van der Waals surface area (Å²) in [6, 6.07) is 15.4. The van der Waals surface area contributed by atoms with Crippen molar-refractivity contribution in [1.82, 2.24) is 4.57 Å². The minimum absolute atomic E-state index is 0.0957. The number of Topliss-reactive ketones (excluding diaryl/α,β-unsaturated/α-hetero) is 1. The van der Waals surface area contributed by atoms with Crippen LogP contribution in [-0.2, 0) is 6.54 Å². The summed E-state index contributed by atoms with van der Waals surface area (Å²) in [5.74, 6) is 0.854. The van der Waals surface area contributed by atoms with Crippen LogP contribution in [0.2, 0.25) is 0 Å². The number of aromatic nitrogens is 1. The number of para-hydroxylation sites is 1. The van der Waals surface area contributed by atoms with E-state index in [0.717, 1.165) is 11.3 Å². The Balaban J connectivity index is 1.89. The number of ketones is 1. The number of carbonyl (C=O) groups is 1. The number of rotatable bonds is 4. The molecular weight excluding hydrogens is 262 g/mol. The molecule has 106 valence electrons. The van der Waals surface area contributed by atoms with Crippen LogP contribution in [-0.4, -0.2) is 17.5 Å². The molecule has 21 heavy (non-hydrogen) atoms. The lowest BCUT2D eigenvalue weighted by molar-refractivity contribution is 0.0973. The summed E-state index contributed by atoms with van der Waals surface area (Å²) < 4.78 is 7.12. The quantitative estimate of drug-likeness (QED) is 0.679. The number of nitrogens with zero attached hydrogens (tertiary/aromatic N) is 1. The zero-order valence-corrected chi connectivity index (χ0v) is 12.2. The number of methoxy groups -OCH3 is 1. The molecule has 0 fully saturated rings. The Morgan fingerprint density at radius 1 is 1.10 bits per heavy atom. The highest BCUT2D eigenvalue weighted by Crippen LogP contribution is 2.21. The van der Waals surface area contributed by atoms with Crippen molar-refractivity contribution in [2.45, 2.75) is 13.5 Å². The largest absolute Gasteiger partial charge is 0.497 e. The van der Waals surface area contributed by atoms with E-state index >= 15 is 0 Å². The van der Waals surface area contributed by atoms with Gasteiger partial charge in [0.25, 0.3) is 0 Å². The molecule has 0 saturated carbocycles. The minimum Gasteiger partial charge on any atom is -0.497 e. The predicted molar refractivity (Wildman–Crippen MR) is 84.0 cm³/mol. The van der Waals surface area contributed by atoms with Crippen molar-refractivity contribution in [3.05, 3.63) is 65.9 Å². The van der Waals surface area contributed by atoms with E-state index in [1.807, 2.05) is 41.1 Å². The lowest BCUT2D eigenvalue weighted by atomic mass is 10.1. The van der Waals surface area contributed by atoms with Crippen LogP contribution < -0.4 is 4.74 Å². The summed E-state index contributed by atoms with van der Waals surface area (Å²) in [6.45, 7) is 2.41. The van der Waals surface area contributed by atoms with Crippen LogP contribution >= 0.6 is 0 Å². The van der Waals surface area contributed by atoms with Crippen LogP contribution in [0.3, 0.4) is 0 Å². The third-order valence-corrected chi connectivity index (χ3v) is 3.71. The molecule has 2 aromatic carbocycles. The Bertz CT molecular complexity index is 785. The number of fused-ring (bicyclic) bond motifs is 1. The molecule has 0 aliphatic carbocycles. The number of benzene rings is 2. The van der Waals surface area contributed by atoms with Gasteiger partial charge in [-0.1, -0.05) is 18.2 Å². The third kappa shape index (κ3) is 2.55. The number of carbonyl (C=O) groups excluding carboxylic acids is 1. The first kappa shape index (κ1) is 13.4. The van der Waals surface area contributed by atoms with Gasteiger partial charge in [0.15, 0.2) is 5.78 Å². The van der Waals surface area contributed by atoms with Gasteiger partial charge < -0.3 is 9.30 Å². The maximum absolute atomic E-state index is 12.4. The molecule has 1 aromatic heterocycles. The standard InChI is InChI=1S/C18H17NO2/c1-13-11-19(17-6-4-3-5-16(13)17)12-18(20)14-7-9-15(21-2)10-8-14/h3-11H,12H2,1-2H3. The second-order valence-electron chi connectivity index (χ2n) is 5.11. The summed E-state index contributed by atoms with van der Waals surface area (Å²) in [6.07, 6.45) is 2.03. The fourth-order valence-corrected chi connectivity index (χ4v) is 2.58. The van der Waals surface area contributed by atoms with E-state index in [0.29, 0.717) is 12.1 Å². The molecule has 1 heterocycles. The highest BCUT2D eigenvalue weighted by atomic mass is 16.5. The summed E-state index contributed by atoms with van der Waals surface area (Å²) in [5.41, 5.74) is 2.98. The molecule has 0 radical (unpaired) electrons. The summed E-state index contributed by atoms with van der Waals surface area (Å²) in [7, 11) is 1.62. The van der Waals surface area contributed by atoms with E-state index in [9.17, 15) is 4.79 Å². The van der Waals surface area contributed by atoms with Gasteiger partial charge in [-0.25, -0.2) is 0 Å². The van der Waals surface area contributed by atoms with Gasteiger partial charge in [-0.2, -0.15) is 0 Å². The average molecular weight is 279 g/mol. The maximum atomic E-state index is 12.4. The van der Waals surface area contributed by atoms with Gasteiger partial charge in [-0.05, 0) is 42.8 Å². The molecule has 0 amide bonds. The van der Waals surface area contributed by atoms with Gasteiger partial charge in [-0.3, -0.25) is 4.79 Å². The van der Waals surface area contributed by atoms with Gasteiger partial charge >= 0.3 is 0 Å². The molecule has 0 atom stereocenters. The lowest BCUT2D eigenvalue weighted by Crippen LogP contribution is -2.09.